The molecular weight excluding hydrogens is 311 g/mol. The Hall–Kier alpha value is -3.02. The van der Waals surface area contributed by atoms with E-state index in [1.165, 1.54) is 6.07 Å². The molecule has 1 atom stereocenters. The fourth-order valence-corrected chi connectivity index (χ4v) is 2.72. The van der Waals surface area contributed by atoms with Crippen molar-refractivity contribution in [3.8, 4) is 0 Å². The highest BCUT2D eigenvalue weighted by atomic mass is 19.1. The van der Waals surface area contributed by atoms with E-state index in [4.69, 9.17) is 0 Å². The van der Waals surface area contributed by atoms with Crippen molar-refractivity contribution in [1.29, 1.82) is 0 Å². The van der Waals surface area contributed by atoms with Gasteiger partial charge in [0.1, 0.15) is 12.4 Å². The molecule has 0 saturated carbocycles. The first-order valence-corrected chi connectivity index (χ1v) is 7.48. The maximum Gasteiger partial charge on any atom is 0.262 e. The number of halogens is 1. The lowest BCUT2D eigenvalue weighted by Crippen LogP contribution is -2.41. The number of nitrogens with one attached hydrogen (secondary N) is 1. The Kier molecular flexibility index (Phi) is 4.12. The molecule has 1 heterocycles. The largest absolute Gasteiger partial charge is 0.348 e. The van der Waals surface area contributed by atoms with E-state index in [1.807, 2.05) is 0 Å². The topological polar surface area (TPSA) is 66.5 Å². The maximum absolute atomic E-state index is 13.7. The van der Waals surface area contributed by atoms with Gasteiger partial charge in [0, 0.05) is 5.56 Å². The number of nitrogens with zero attached hydrogens (tertiary/aromatic N) is 1. The minimum absolute atomic E-state index is 0.289. The van der Waals surface area contributed by atoms with Gasteiger partial charge in [-0.25, -0.2) is 4.39 Å². The first kappa shape index (κ1) is 15.9. The van der Waals surface area contributed by atoms with E-state index in [0.717, 1.165) is 4.90 Å². The van der Waals surface area contributed by atoms with E-state index < -0.39 is 36.1 Å². The molecule has 0 bridgehead atoms. The number of rotatable bonds is 4. The molecule has 1 aliphatic heterocycles. The average molecular weight is 326 g/mol. The van der Waals surface area contributed by atoms with E-state index in [-0.39, 0.29) is 11.1 Å². The summed E-state index contributed by atoms with van der Waals surface area (Å²) in [5.41, 5.74) is 0.920. The van der Waals surface area contributed by atoms with Gasteiger partial charge in [-0.3, -0.25) is 19.3 Å². The zero-order valence-electron chi connectivity index (χ0n) is 13.0. The molecule has 0 aliphatic carbocycles. The summed E-state index contributed by atoms with van der Waals surface area (Å²) in [6.45, 7) is 1.24. The molecule has 0 aromatic heterocycles. The molecule has 5 nitrogen and oxygen atoms in total. The smallest absolute Gasteiger partial charge is 0.262 e. The summed E-state index contributed by atoms with van der Waals surface area (Å²) in [4.78, 5) is 37.5. The normalized spacial score (nSPS) is 14.5. The zero-order chi connectivity index (χ0) is 17.3. The highest BCUT2D eigenvalue weighted by Crippen LogP contribution is 2.22. The van der Waals surface area contributed by atoms with Crippen LogP contribution >= 0.6 is 0 Å². The summed E-state index contributed by atoms with van der Waals surface area (Å²) >= 11 is 0. The predicted molar refractivity (Wildman–Crippen MR) is 84.8 cm³/mol. The van der Waals surface area contributed by atoms with Crippen LogP contribution in [0.5, 0.6) is 0 Å². The summed E-state index contributed by atoms with van der Waals surface area (Å²) < 4.78 is 13.7. The van der Waals surface area contributed by atoms with Crippen LogP contribution in [0.25, 0.3) is 0 Å². The first-order valence-electron chi connectivity index (χ1n) is 7.48. The van der Waals surface area contributed by atoms with Crippen molar-refractivity contribution in [1.82, 2.24) is 10.2 Å². The molecule has 122 valence electrons. The molecule has 1 N–H and O–H groups in total. The van der Waals surface area contributed by atoms with Crippen LogP contribution in [0, 0.1) is 5.82 Å². The van der Waals surface area contributed by atoms with E-state index in [1.54, 1.807) is 49.4 Å². The number of carbonyl (C=O) groups is 3. The van der Waals surface area contributed by atoms with Crippen LogP contribution in [0.15, 0.2) is 48.5 Å². The summed E-state index contributed by atoms with van der Waals surface area (Å²) in [5, 5.41) is 2.61. The van der Waals surface area contributed by atoms with Crippen LogP contribution in [0.2, 0.25) is 0 Å². The third-order valence-electron chi connectivity index (χ3n) is 3.93. The molecule has 0 radical (unpaired) electrons. The Morgan fingerprint density at radius 2 is 1.58 bits per heavy atom. The second-order valence-corrected chi connectivity index (χ2v) is 5.55. The quantitative estimate of drug-likeness (QED) is 0.877. The third kappa shape index (κ3) is 2.78. The predicted octanol–water partition coefficient (Wildman–Crippen LogP) is 2.30. The van der Waals surface area contributed by atoms with Crippen molar-refractivity contribution in [3.63, 3.8) is 0 Å². The molecule has 0 saturated heterocycles. The number of amides is 3. The summed E-state index contributed by atoms with van der Waals surface area (Å²) in [6.07, 6.45) is 0. The number of carbonyl (C=O) groups excluding carboxylic acids is 3. The Bertz CT molecular complexity index is 800. The van der Waals surface area contributed by atoms with E-state index in [9.17, 15) is 18.8 Å². The molecule has 6 heteroatoms. The van der Waals surface area contributed by atoms with E-state index in [2.05, 4.69) is 5.32 Å². The lowest BCUT2D eigenvalue weighted by molar-refractivity contribution is -0.122. The van der Waals surface area contributed by atoms with E-state index in [0.29, 0.717) is 5.56 Å². The van der Waals surface area contributed by atoms with Crippen molar-refractivity contribution in [3.05, 3.63) is 71.0 Å². The molecule has 24 heavy (non-hydrogen) atoms. The van der Waals surface area contributed by atoms with Crippen LogP contribution in [0.1, 0.15) is 39.2 Å². The Labute approximate surface area is 138 Å². The summed E-state index contributed by atoms with van der Waals surface area (Å²) in [7, 11) is 0. The zero-order valence-corrected chi connectivity index (χ0v) is 13.0. The number of benzene rings is 2. The SMILES string of the molecule is C[C@H](NC(=O)CN1C(=O)c2ccccc2C1=O)c1ccccc1F. The van der Waals surface area contributed by atoms with Crippen LogP contribution in [0.4, 0.5) is 4.39 Å². The number of hydrogen-bond donors (Lipinski definition) is 1. The highest BCUT2D eigenvalue weighted by molar-refractivity contribution is 6.22. The second kappa shape index (κ2) is 6.23. The molecule has 0 unspecified atom stereocenters. The van der Waals surface area contributed by atoms with Gasteiger partial charge in [0.05, 0.1) is 17.2 Å². The minimum Gasteiger partial charge on any atom is -0.348 e. The molecule has 2 aromatic rings. The molecule has 0 spiro atoms. The Morgan fingerprint density at radius 3 is 2.17 bits per heavy atom. The lowest BCUT2D eigenvalue weighted by Gasteiger charge is -2.18. The van der Waals surface area contributed by atoms with Gasteiger partial charge in [-0.05, 0) is 25.1 Å². The highest BCUT2D eigenvalue weighted by Gasteiger charge is 2.36. The average Bonchev–Trinajstić information content (AvgIpc) is 2.80. The van der Waals surface area contributed by atoms with Gasteiger partial charge in [-0.1, -0.05) is 30.3 Å². The monoisotopic (exact) mass is 326 g/mol. The lowest BCUT2D eigenvalue weighted by atomic mass is 10.1. The Morgan fingerprint density at radius 1 is 1.04 bits per heavy atom. The van der Waals surface area contributed by atoms with Crippen LogP contribution in [-0.2, 0) is 4.79 Å². The van der Waals surface area contributed by atoms with Crippen molar-refractivity contribution in [2.24, 2.45) is 0 Å². The van der Waals surface area contributed by atoms with Crippen LogP contribution in [-0.4, -0.2) is 29.2 Å². The van der Waals surface area contributed by atoms with Crippen molar-refractivity contribution in [2.45, 2.75) is 13.0 Å². The van der Waals surface area contributed by atoms with Gasteiger partial charge in [0.25, 0.3) is 11.8 Å². The van der Waals surface area contributed by atoms with Gasteiger partial charge in [0.2, 0.25) is 5.91 Å². The minimum atomic E-state index is -0.575. The molecule has 0 fully saturated rings. The van der Waals surface area contributed by atoms with Crippen molar-refractivity contribution >= 4 is 17.7 Å². The summed E-state index contributed by atoms with van der Waals surface area (Å²) in [5.74, 6) is -1.94. The van der Waals surface area contributed by atoms with Gasteiger partial charge in [0.15, 0.2) is 0 Å². The van der Waals surface area contributed by atoms with Crippen LogP contribution in [0.3, 0.4) is 0 Å². The first-order chi connectivity index (χ1) is 11.5. The number of imide groups is 1. The fraction of sp³-hybridized carbons (Fsp3) is 0.167. The van der Waals surface area contributed by atoms with Gasteiger partial charge in [-0.2, -0.15) is 0 Å². The van der Waals surface area contributed by atoms with Crippen LogP contribution < -0.4 is 5.32 Å². The molecule has 2 aromatic carbocycles. The fourth-order valence-electron chi connectivity index (χ4n) is 2.72. The van der Waals surface area contributed by atoms with Gasteiger partial charge < -0.3 is 5.32 Å². The van der Waals surface area contributed by atoms with Gasteiger partial charge >= 0.3 is 0 Å². The molecular formula is C18H15FN2O3. The molecule has 3 rings (SSSR count). The number of fused-ring (bicyclic) bond motifs is 1. The van der Waals surface area contributed by atoms with Gasteiger partial charge in [-0.15, -0.1) is 0 Å². The maximum atomic E-state index is 13.7. The summed E-state index contributed by atoms with van der Waals surface area (Å²) in [6, 6.07) is 12.0. The van der Waals surface area contributed by atoms with E-state index >= 15 is 0 Å². The third-order valence-corrected chi connectivity index (χ3v) is 3.93. The number of hydrogen-bond acceptors (Lipinski definition) is 3. The second-order valence-electron chi connectivity index (χ2n) is 5.55. The Balaban J connectivity index is 1.69. The van der Waals surface area contributed by atoms with Crippen molar-refractivity contribution < 1.29 is 18.8 Å². The van der Waals surface area contributed by atoms with Crippen molar-refractivity contribution in [2.75, 3.05) is 6.54 Å². The molecule has 3 amide bonds. The molecule has 1 aliphatic rings. The standard InChI is InChI=1S/C18H15FN2O3/c1-11(12-6-4-5-9-15(12)19)20-16(22)10-21-17(23)13-7-2-3-8-14(13)18(21)24/h2-9,11H,10H2,1H3,(H,20,22)/t11-/m0/s1.